The maximum absolute atomic E-state index is 13.7. The number of benzene rings is 1. The van der Waals surface area contributed by atoms with Crippen LogP contribution >= 0.6 is 0 Å². The molecule has 0 aliphatic heterocycles. The van der Waals surface area contributed by atoms with Gasteiger partial charge < -0.3 is 10.1 Å². The monoisotopic (exact) mass is 314 g/mol. The first-order valence-corrected chi connectivity index (χ1v) is 6.72. The average molecular weight is 314 g/mol. The van der Waals surface area contributed by atoms with Crippen molar-refractivity contribution < 1.29 is 13.5 Å². The van der Waals surface area contributed by atoms with Crippen molar-refractivity contribution in [2.24, 2.45) is 0 Å². The lowest BCUT2D eigenvalue weighted by Crippen LogP contribution is -2.01. The minimum atomic E-state index is -0.980. The molecule has 0 bridgehead atoms. The van der Waals surface area contributed by atoms with Gasteiger partial charge in [-0.15, -0.1) is 0 Å². The zero-order chi connectivity index (χ0) is 16.2. The molecule has 0 radical (unpaired) electrons. The fourth-order valence-electron chi connectivity index (χ4n) is 1.98. The highest BCUT2D eigenvalue weighted by Crippen LogP contribution is 2.23. The number of rotatable bonds is 4. The van der Waals surface area contributed by atoms with E-state index in [0.29, 0.717) is 11.6 Å². The number of hydrogen-bond acceptors (Lipinski definition) is 5. The second-order valence-corrected chi connectivity index (χ2v) is 4.58. The van der Waals surface area contributed by atoms with Gasteiger partial charge in [0.25, 0.3) is 0 Å². The van der Waals surface area contributed by atoms with Crippen molar-refractivity contribution in [3.63, 3.8) is 0 Å². The SMILES string of the molecule is COc1cc(-c2ccnc(Nc3cccc(F)c3F)n2)ccn1. The molecule has 2 aromatic heterocycles. The second kappa shape index (κ2) is 6.35. The molecule has 0 unspecified atom stereocenters. The summed E-state index contributed by atoms with van der Waals surface area (Å²) < 4.78 is 32.0. The van der Waals surface area contributed by atoms with Gasteiger partial charge in [-0.1, -0.05) is 6.07 Å². The molecule has 0 spiro atoms. The van der Waals surface area contributed by atoms with Gasteiger partial charge >= 0.3 is 0 Å². The van der Waals surface area contributed by atoms with Gasteiger partial charge in [0.1, 0.15) is 0 Å². The van der Waals surface area contributed by atoms with Gasteiger partial charge in [0.2, 0.25) is 11.8 Å². The van der Waals surface area contributed by atoms with E-state index in [1.807, 2.05) is 0 Å². The van der Waals surface area contributed by atoms with E-state index in [2.05, 4.69) is 20.3 Å². The zero-order valence-corrected chi connectivity index (χ0v) is 12.1. The molecule has 3 rings (SSSR count). The van der Waals surface area contributed by atoms with Gasteiger partial charge in [-0.25, -0.2) is 23.7 Å². The maximum atomic E-state index is 13.7. The minimum absolute atomic E-state index is 0.0329. The van der Waals surface area contributed by atoms with E-state index in [1.165, 1.54) is 25.4 Å². The van der Waals surface area contributed by atoms with Crippen LogP contribution in [0.3, 0.4) is 0 Å². The highest BCUT2D eigenvalue weighted by atomic mass is 19.2. The number of nitrogens with zero attached hydrogens (tertiary/aromatic N) is 3. The molecule has 3 aromatic rings. The van der Waals surface area contributed by atoms with Crippen LogP contribution in [-0.2, 0) is 0 Å². The molecule has 5 nitrogen and oxygen atoms in total. The first kappa shape index (κ1) is 14.8. The Morgan fingerprint density at radius 3 is 2.70 bits per heavy atom. The number of methoxy groups -OCH3 is 1. The molecule has 1 aromatic carbocycles. The Labute approximate surface area is 131 Å². The first-order valence-electron chi connectivity index (χ1n) is 6.72. The Kier molecular flexibility index (Phi) is 4.09. The Morgan fingerprint density at radius 1 is 1.04 bits per heavy atom. The van der Waals surface area contributed by atoms with E-state index in [-0.39, 0.29) is 11.6 Å². The molecule has 1 N–H and O–H groups in total. The summed E-state index contributed by atoms with van der Waals surface area (Å²) >= 11 is 0. The molecule has 0 aliphatic rings. The predicted octanol–water partition coefficient (Wildman–Crippen LogP) is 3.57. The fourth-order valence-corrected chi connectivity index (χ4v) is 1.98. The summed E-state index contributed by atoms with van der Waals surface area (Å²) in [6.07, 6.45) is 3.12. The lowest BCUT2D eigenvalue weighted by molar-refractivity contribution is 0.398. The Balaban J connectivity index is 1.92. The van der Waals surface area contributed by atoms with Gasteiger partial charge in [0.05, 0.1) is 18.5 Å². The number of ether oxygens (including phenoxy) is 1. The van der Waals surface area contributed by atoms with Gasteiger partial charge in [-0.3, -0.25) is 0 Å². The van der Waals surface area contributed by atoms with Crippen molar-refractivity contribution in [3.8, 4) is 17.1 Å². The normalized spacial score (nSPS) is 10.4. The molecule has 0 saturated heterocycles. The summed E-state index contributed by atoms with van der Waals surface area (Å²) in [5.41, 5.74) is 1.33. The van der Waals surface area contributed by atoms with E-state index < -0.39 is 11.6 Å². The van der Waals surface area contributed by atoms with Crippen molar-refractivity contribution in [2.45, 2.75) is 0 Å². The topological polar surface area (TPSA) is 59.9 Å². The summed E-state index contributed by atoms with van der Waals surface area (Å²) in [5.74, 6) is -1.31. The largest absolute Gasteiger partial charge is 0.481 e. The van der Waals surface area contributed by atoms with Crippen LogP contribution in [0.2, 0.25) is 0 Å². The van der Waals surface area contributed by atoms with E-state index >= 15 is 0 Å². The molecule has 0 aliphatic carbocycles. The molecule has 7 heteroatoms. The molecular formula is C16H12F2N4O. The fraction of sp³-hybridized carbons (Fsp3) is 0.0625. The van der Waals surface area contributed by atoms with Gasteiger partial charge in [0.15, 0.2) is 11.6 Å². The molecule has 0 amide bonds. The number of anilines is 2. The van der Waals surface area contributed by atoms with Crippen molar-refractivity contribution in [1.29, 1.82) is 0 Å². The smallest absolute Gasteiger partial charge is 0.227 e. The van der Waals surface area contributed by atoms with Crippen molar-refractivity contribution in [1.82, 2.24) is 15.0 Å². The third kappa shape index (κ3) is 3.23. The Bertz CT molecular complexity index is 842. The number of hydrogen-bond donors (Lipinski definition) is 1. The molecule has 116 valence electrons. The summed E-state index contributed by atoms with van der Waals surface area (Å²) in [6, 6.07) is 9.03. The lowest BCUT2D eigenvalue weighted by Gasteiger charge is -2.08. The Hall–Kier alpha value is -3.09. The van der Waals surface area contributed by atoms with Crippen LogP contribution in [0.25, 0.3) is 11.3 Å². The quantitative estimate of drug-likeness (QED) is 0.798. The number of nitrogens with one attached hydrogen (secondary N) is 1. The van der Waals surface area contributed by atoms with Crippen LogP contribution in [0.15, 0.2) is 48.8 Å². The van der Waals surface area contributed by atoms with Crippen LogP contribution in [0.1, 0.15) is 0 Å². The van der Waals surface area contributed by atoms with Crippen molar-refractivity contribution in [3.05, 3.63) is 60.4 Å². The first-order chi connectivity index (χ1) is 11.2. The summed E-state index contributed by atoms with van der Waals surface area (Å²) in [6.45, 7) is 0. The average Bonchev–Trinajstić information content (AvgIpc) is 2.59. The van der Waals surface area contributed by atoms with E-state index in [9.17, 15) is 8.78 Å². The second-order valence-electron chi connectivity index (χ2n) is 4.58. The molecule has 23 heavy (non-hydrogen) atoms. The lowest BCUT2D eigenvalue weighted by atomic mass is 10.2. The van der Waals surface area contributed by atoms with Crippen LogP contribution in [0.4, 0.5) is 20.4 Å². The highest BCUT2D eigenvalue weighted by Gasteiger charge is 2.10. The van der Waals surface area contributed by atoms with Gasteiger partial charge in [-0.2, -0.15) is 0 Å². The molecule has 0 fully saturated rings. The number of pyridine rings is 1. The number of aromatic nitrogens is 3. The maximum Gasteiger partial charge on any atom is 0.227 e. The highest BCUT2D eigenvalue weighted by molar-refractivity contribution is 5.62. The van der Waals surface area contributed by atoms with Gasteiger partial charge in [0, 0.05) is 24.0 Å². The number of halogens is 2. The van der Waals surface area contributed by atoms with E-state index in [4.69, 9.17) is 4.74 Å². The third-order valence-electron chi connectivity index (χ3n) is 3.09. The summed E-state index contributed by atoms with van der Waals surface area (Å²) in [7, 11) is 1.52. The third-order valence-corrected chi connectivity index (χ3v) is 3.09. The van der Waals surface area contributed by atoms with Crippen LogP contribution in [-0.4, -0.2) is 22.1 Å². The molecule has 2 heterocycles. The Morgan fingerprint density at radius 2 is 1.87 bits per heavy atom. The molecular weight excluding hydrogens is 302 g/mol. The van der Waals surface area contributed by atoms with Crippen LogP contribution in [0.5, 0.6) is 5.88 Å². The summed E-state index contributed by atoms with van der Waals surface area (Å²) in [5, 5.41) is 2.67. The zero-order valence-electron chi connectivity index (χ0n) is 12.1. The van der Waals surface area contributed by atoms with Crippen molar-refractivity contribution >= 4 is 11.6 Å². The van der Waals surface area contributed by atoms with Crippen LogP contribution < -0.4 is 10.1 Å². The predicted molar refractivity (Wildman–Crippen MR) is 81.5 cm³/mol. The molecule has 0 saturated carbocycles. The minimum Gasteiger partial charge on any atom is -0.481 e. The van der Waals surface area contributed by atoms with E-state index in [1.54, 1.807) is 24.4 Å². The van der Waals surface area contributed by atoms with Crippen molar-refractivity contribution in [2.75, 3.05) is 12.4 Å². The van der Waals surface area contributed by atoms with Gasteiger partial charge in [-0.05, 0) is 24.3 Å². The van der Waals surface area contributed by atoms with E-state index in [0.717, 1.165) is 11.6 Å². The summed E-state index contributed by atoms with van der Waals surface area (Å²) in [4.78, 5) is 12.3. The molecule has 0 atom stereocenters. The standard InChI is InChI=1S/C16H12F2N4O/c1-23-14-9-10(5-7-19-14)12-6-8-20-16(21-12)22-13-4-2-3-11(17)15(13)18/h2-9H,1H3,(H,20,21,22). The van der Waals surface area contributed by atoms with Crippen LogP contribution in [0, 0.1) is 11.6 Å².